The first-order valence-electron chi connectivity index (χ1n) is 11.9. The molecule has 0 saturated carbocycles. The van der Waals surface area contributed by atoms with E-state index in [-0.39, 0.29) is 12.0 Å². The van der Waals surface area contributed by atoms with Gasteiger partial charge in [-0.25, -0.2) is 0 Å². The van der Waals surface area contributed by atoms with Crippen molar-refractivity contribution < 1.29 is 13.9 Å². The maximum Gasteiger partial charge on any atom is 0.138 e. The number of furan rings is 1. The molecular formula is C30H27NO3. The molecule has 4 aromatic carbocycles. The smallest absolute Gasteiger partial charge is 0.138 e. The molecule has 4 nitrogen and oxygen atoms in total. The highest BCUT2D eigenvalue weighted by Gasteiger charge is 2.30. The van der Waals surface area contributed by atoms with E-state index in [9.17, 15) is 0 Å². The van der Waals surface area contributed by atoms with Gasteiger partial charge >= 0.3 is 0 Å². The Morgan fingerprint density at radius 2 is 1.59 bits per heavy atom. The normalized spacial score (nSPS) is 18.4. The fourth-order valence-corrected chi connectivity index (χ4v) is 4.95. The average Bonchev–Trinajstić information content (AvgIpc) is 3.28. The van der Waals surface area contributed by atoms with Crippen molar-refractivity contribution in [2.24, 2.45) is 0 Å². The molecule has 2 heterocycles. The molecule has 1 N–H and O–H groups in total. The van der Waals surface area contributed by atoms with Crippen molar-refractivity contribution >= 4 is 21.9 Å². The Morgan fingerprint density at radius 3 is 2.53 bits per heavy atom. The van der Waals surface area contributed by atoms with Crippen LogP contribution in [0.2, 0.25) is 0 Å². The van der Waals surface area contributed by atoms with Crippen molar-refractivity contribution in [2.45, 2.75) is 25.0 Å². The van der Waals surface area contributed by atoms with Gasteiger partial charge < -0.3 is 19.2 Å². The summed E-state index contributed by atoms with van der Waals surface area (Å²) in [7, 11) is 0. The number of para-hydroxylation sites is 3. The van der Waals surface area contributed by atoms with Crippen LogP contribution in [0.25, 0.3) is 21.9 Å². The highest BCUT2D eigenvalue weighted by molar-refractivity contribution is 6.05. The summed E-state index contributed by atoms with van der Waals surface area (Å²) in [5.74, 6) is 1.92. The monoisotopic (exact) mass is 449 g/mol. The molecular weight excluding hydrogens is 422 g/mol. The summed E-state index contributed by atoms with van der Waals surface area (Å²) >= 11 is 0. The molecule has 0 bridgehead atoms. The average molecular weight is 450 g/mol. The zero-order chi connectivity index (χ0) is 22.7. The molecule has 1 saturated heterocycles. The Hall–Kier alpha value is -3.60. The number of hydrogen-bond donors (Lipinski definition) is 1. The first-order valence-corrected chi connectivity index (χ1v) is 11.9. The van der Waals surface area contributed by atoms with Crippen LogP contribution in [0, 0.1) is 0 Å². The number of rotatable bonds is 6. The third-order valence-corrected chi connectivity index (χ3v) is 6.60. The molecule has 5 aromatic rings. The second-order valence-electron chi connectivity index (χ2n) is 8.83. The third-order valence-electron chi connectivity index (χ3n) is 6.60. The minimum Gasteiger partial charge on any atom is -0.457 e. The summed E-state index contributed by atoms with van der Waals surface area (Å²) < 4.78 is 18.8. The molecule has 1 aromatic heterocycles. The summed E-state index contributed by atoms with van der Waals surface area (Å²) in [5, 5.41) is 5.85. The first kappa shape index (κ1) is 21.0. The summed E-state index contributed by atoms with van der Waals surface area (Å²) in [6.45, 7) is 2.33. The summed E-state index contributed by atoms with van der Waals surface area (Å²) in [4.78, 5) is 0. The summed E-state index contributed by atoms with van der Waals surface area (Å²) in [5.41, 5.74) is 4.26. The number of fused-ring (bicyclic) bond motifs is 3. The summed E-state index contributed by atoms with van der Waals surface area (Å²) in [6, 6.07) is 32.7. The maximum absolute atomic E-state index is 6.50. The number of nitrogens with one attached hydrogen (secondary N) is 1. The van der Waals surface area contributed by atoms with Crippen molar-refractivity contribution in [3.8, 4) is 11.5 Å². The van der Waals surface area contributed by atoms with Crippen molar-refractivity contribution in [1.29, 1.82) is 0 Å². The van der Waals surface area contributed by atoms with Crippen LogP contribution in [-0.2, 0) is 11.3 Å². The first-order chi connectivity index (χ1) is 16.8. The standard InChI is InChI=1S/C30H27NO3/c1-2-9-22(10-3-1)33-23-11-6-8-21(18-23)20-32-29-19-31-17-16-25(29)27-14-7-13-26-24-12-4-5-15-28(24)34-30(26)27/h1-15,18,25,29,31H,16-17,19-20H2/t25-,29+/m1/s1. The molecule has 1 aliphatic heterocycles. The van der Waals surface area contributed by atoms with Crippen LogP contribution in [0.1, 0.15) is 23.5 Å². The molecule has 34 heavy (non-hydrogen) atoms. The zero-order valence-corrected chi connectivity index (χ0v) is 18.9. The minimum atomic E-state index is 0.0614. The molecule has 170 valence electrons. The quantitative estimate of drug-likeness (QED) is 0.302. The third kappa shape index (κ3) is 4.18. The molecule has 1 aliphatic rings. The van der Waals surface area contributed by atoms with E-state index in [0.717, 1.165) is 47.7 Å². The van der Waals surface area contributed by atoms with Gasteiger partial charge in [0.15, 0.2) is 0 Å². The van der Waals surface area contributed by atoms with Crippen LogP contribution in [0.15, 0.2) is 101 Å². The van der Waals surface area contributed by atoms with Gasteiger partial charge in [-0.05, 0) is 48.9 Å². The number of hydrogen-bond acceptors (Lipinski definition) is 4. The number of ether oxygens (including phenoxy) is 2. The van der Waals surface area contributed by atoms with Gasteiger partial charge in [-0.3, -0.25) is 0 Å². The zero-order valence-electron chi connectivity index (χ0n) is 18.9. The number of benzene rings is 4. The van der Waals surface area contributed by atoms with Gasteiger partial charge in [-0.15, -0.1) is 0 Å². The fourth-order valence-electron chi connectivity index (χ4n) is 4.95. The van der Waals surface area contributed by atoms with Crippen molar-refractivity contribution in [3.63, 3.8) is 0 Å². The Balaban J connectivity index is 1.23. The highest BCUT2D eigenvalue weighted by atomic mass is 16.5. The van der Waals surface area contributed by atoms with Gasteiger partial charge in [-0.1, -0.05) is 66.7 Å². The van der Waals surface area contributed by atoms with Crippen molar-refractivity contribution in [1.82, 2.24) is 5.32 Å². The lowest BCUT2D eigenvalue weighted by Crippen LogP contribution is -2.41. The molecule has 0 unspecified atom stereocenters. The molecule has 1 fully saturated rings. The molecule has 0 radical (unpaired) electrons. The Labute approximate surface area is 199 Å². The Kier molecular flexibility index (Phi) is 5.76. The highest BCUT2D eigenvalue weighted by Crippen LogP contribution is 2.37. The van der Waals surface area contributed by atoms with Gasteiger partial charge in [0.1, 0.15) is 22.7 Å². The molecule has 0 aliphatic carbocycles. The van der Waals surface area contributed by atoms with E-state index >= 15 is 0 Å². The van der Waals surface area contributed by atoms with Gasteiger partial charge in [0, 0.05) is 28.8 Å². The lowest BCUT2D eigenvalue weighted by molar-refractivity contribution is 0.0107. The predicted molar refractivity (Wildman–Crippen MR) is 135 cm³/mol. The van der Waals surface area contributed by atoms with E-state index < -0.39 is 0 Å². The van der Waals surface area contributed by atoms with Gasteiger partial charge in [0.2, 0.25) is 0 Å². The molecule has 0 amide bonds. The SMILES string of the molecule is c1ccc(Oc2cccc(CO[C@H]3CNCC[C@@H]3c3cccc4c3oc3ccccc34)c2)cc1. The molecule has 6 rings (SSSR count). The summed E-state index contributed by atoms with van der Waals surface area (Å²) in [6.07, 6.45) is 1.07. The minimum absolute atomic E-state index is 0.0614. The van der Waals surface area contributed by atoms with Crippen LogP contribution >= 0.6 is 0 Å². The number of piperidine rings is 1. The van der Waals surface area contributed by atoms with Crippen LogP contribution in [-0.4, -0.2) is 19.2 Å². The van der Waals surface area contributed by atoms with E-state index in [1.807, 2.05) is 54.6 Å². The van der Waals surface area contributed by atoms with Crippen molar-refractivity contribution in [2.75, 3.05) is 13.1 Å². The van der Waals surface area contributed by atoms with E-state index in [0.29, 0.717) is 6.61 Å². The fraction of sp³-hybridized carbons (Fsp3) is 0.200. The maximum atomic E-state index is 6.50. The van der Waals surface area contributed by atoms with Gasteiger partial charge in [-0.2, -0.15) is 0 Å². The predicted octanol–water partition coefficient (Wildman–Crippen LogP) is 7.04. The van der Waals surface area contributed by atoms with E-state index in [1.165, 1.54) is 16.3 Å². The van der Waals surface area contributed by atoms with E-state index in [2.05, 4.69) is 47.8 Å². The van der Waals surface area contributed by atoms with Crippen molar-refractivity contribution in [3.05, 3.63) is 108 Å². The van der Waals surface area contributed by atoms with Gasteiger partial charge in [0.25, 0.3) is 0 Å². The van der Waals surface area contributed by atoms with Crippen LogP contribution in [0.4, 0.5) is 0 Å². The second-order valence-corrected chi connectivity index (χ2v) is 8.83. The Morgan fingerprint density at radius 1 is 0.794 bits per heavy atom. The van der Waals surface area contributed by atoms with E-state index in [4.69, 9.17) is 13.9 Å². The Bertz CT molecular complexity index is 1410. The second kappa shape index (κ2) is 9.34. The topological polar surface area (TPSA) is 43.6 Å². The molecule has 2 atom stereocenters. The van der Waals surface area contributed by atoms with Crippen LogP contribution < -0.4 is 10.1 Å². The lowest BCUT2D eigenvalue weighted by Gasteiger charge is -2.32. The van der Waals surface area contributed by atoms with Gasteiger partial charge in [0.05, 0.1) is 12.7 Å². The van der Waals surface area contributed by atoms with Crippen LogP contribution in [0.5, 0.6) is 11.5 Å². The lowest BCUT2D eigenvalue weighted by atomic mass is 9.86. The molecule has 4 heteroatoms. The van der Waals surface area contributed by atoms with Crippen LogP contribution in [0.3, 0.4) is 0 Å². The largest absolute Gasteiger partial charge is 0.457 e. The van der Waals surface area contributed by atoms with E-state index in [1.54, 1.807) is 0 Å². The molecule has 0 spiro atoms.